The molecule has 0 spiro atoms. The Morgan fingerprint density at radius 2 is 1.97 bits per heavy atom. The molecular formula is C21H24F3N5O4. The zero-order chi connectivity index (χ0) is 24.2. The number of benzene rings is 1. The van der Waals surface area contributed by atoms with Crippen LogP contribution in [-0.2, 0) is 27.0 Å². The van der Waals surface area contributed by atoms with E-state index in [0.717, 1.165) is 10.8 Å². The standard InChI is InChI=1S/C21H24F3N5O4/c1-3-33-18(31)15-13-16(29(27-15)14-7-5-4-6-8-14)17(30)25-10-9-20(32,21(22,23)24)19-26-11-12-28(19)2/h4-8,11-12,16,32H,3,9-10,13H2,1-2H3,(H,25,30). The summed E-state index contributed by atoms with van der Waals surface area (Å²) in [6.45, 7) is 1.27. The molecule has 0 bridgehead atoms. The molecule has 0 radical (unpaired) electrons. The fourth-order valence-corrected chi connectivity index (χ4v) is 3.50. The number of carbonyl (C=O) groups is 2. The predicted molar refractivity (Wildman–Crippen MR) is 112 cm³/mol. The second-order valence-electron chi connectivity index (χ2n) is 7.43. The van der Waals surface area contributed by atoms with Crippen molar-refractivity contribution in [3.8, 4) is 0 Å². The third-order valence-electron chi connectivity index (χ3n) is 5.19. The van der Waals surface area contributed by atoms with Gasteiger partial charge in [-0.05, 0) is 19.1 Å². The first kappa shape index (κ1) is 24.2. The van der Waals surface area contributed by atoms with Crippen LogP contribution in [0.15, 0.2) is 47.8 Å². The molecule has 0 saturated heterocycles. The minimum Gasteiger partial charge on any atom is -0.461 e. The lowest BCUT2D eigenvalue weighted by Gasteiger charge is -2.30. The number of carbonyl (C=O) groups excluding carboxylic acids is 2. The zero-order valence-electron chi connectivity index (χ0n) is 18.0. The molecule has 1 aromatic carbocycles. The van der Waals surface area contributed by atoms with Crippen molar-refractivity contribution < 1.29 is 32.6 Å². The molecule has 2 unspecified atom stereocenters. The molecule has 12 heteroatoms. The van der Waals surface area contributed by atoms with Gasteiger partial charge in [-0.1, -0.05) is 18.2 Å². The molecule has 1 aromatic heterocycles. The maximum absolute atomic E-state index is 13.7. The Bertz CT molecular complexity index is 1020. The molecule has 2 heterocycles. The highest BCUT2D eigenvalue weighted by Crippen LogP contribution is 2.40. The normalized spacial score (nSPS) is 17.9. The van der Waals surface area contributed by atoms with Gasteiger partial charge < -0.3 is 19.7 Å². The number of para-hydroxylation sites is 1. The summed E-state index contributed by atoms with van der Waals surface area (Å²) in [5.41, 5.74) is -2.70. The van der Waals surface area contributed by atoms with Crippen LogP contribution in [0.1, 0.15) is 25.6 Å². The lowest BCUT2D eigenvalue weighted by atomic mass is 9.97. The number of amides is 1. The first-order valence-electron chi connectivity index (χ1n) is 10.2. The molecule has 2 N–H and O–H groups in total. The first-order valence-corrected chi connectivity index (χ1v) is 10.2. The number of anilines is 1. The molecule has 1 aliphatic rings. The number of hydrazone groups is 1. The van der Waals surface area contributed by atoms with Crippen LogP contribution in [0.25, 0.3) is 0 Å². The summed E-state index contributed by atoms with van der Waals surface area (Å²) in [6.07, 6.45) is -3.51. The topological polar surface area (TPSA) is 109 Å². The average Bonchev–Trinajstić information content (AvgIpc) is 3.40. The smallest absolute Gasteiger partial charge is 0.424 e. The number of aliphatic hydroxyl groups is 1. The van der Waals surface area contributed by atoms with Crippen molar-refractivity contribution >= 4 is 23.3 Å². The average molecular weight is 467 g/mol. The van der Waals surface area contributed by atoms with Gasteiger partial charge in [0.25, 0.3) is 0 Å². The van der Waals surface area contributed by atoms with Crippen LogP contribution in [-0.4, -0.2) is 57.6 Å². The van der Waals surface area contributed by atoms with E-state index in [0.29, 0.717) is 5.69 Å². The number of alkyl halides is 3. The maximum atomic E-state index is 13.7. The summed E-state index contributed by atoms with van der Waals surface area (Å²) >= 11 is 0. The zero-order valence-corrected chi connectivity index (χ0v) is 18.0. The minimum atomic E-state index is -5.01. The third kappa shape index (κ3) is 5.00. The Hall–Kier alpha value is -3.41. The van der Waals surface area contributed by atoms with Crippen LogP contribution in [0.4, 0.5) is 18.9 Å². The summed E-state index contributed by atoms with van der Waals surface area (Å²) in [6, 6.07) is 7.60. The predicted octanol–water partition coefficient (Wildman–Crippen LogP) is 1.87. The number of esters is 1. The van der Waals surface area contributed by atoms with Gasteiger partial charge in [-0.2, -0.15) is 18.3 Å². The Morgan fingerprint density at radius 1 is 1.27 bits per heavy atom. The summed E-state index contributed by atoms with van der Waals surface area (Å²) in [5, 5.41) is 18.4. The second kappa shape index (κ2) is 9.61. The molecule has 178 valence electrons. The van der Waals surface area contributed by atoms with Gasteiger partial charge in [0.1, 0.15) is 17.6 Å². The molecule has 1 amide bonds. The van der Waals surface area contributed by atoms with Gasteiger partial charge in [0.05, 0.1) is 12.3 Å². The molecule has 0 saturated carbocycles. The van der Waals surface area contributed by atoms with Crippen LogP contribution in [0, 0.1) is 0 Å². The Morgan fingerprint density at radius 3 is 2.55 bits per heavy atom. The van der Waals surface area contributed by atoms with Gasteiger partial charge in [0.15, 0.2) is 0 Å². The summed E-state index contributed by atoms with van der Waals surface area (Å²) in [4.78, 5) is 28.6. The Balaban J connectivity index is 1.74. The Kier molecular flexibility index (Phi) is 7.06. The quantitative estimate of drug-likeness (QED) is 0.574. The van der Waals surface area contributed by atoms with E-state index in [2.05, 4.69) is 15.4 Å². The molecule has 3 rings (SSSR count). The number of aromatic nitrogens is 2. The first-order chi connectivity index (χ1) is 15.6. The highest BCUT2D eigenvalue weighted by Gasteiger charge is 2.57. The number of imidazole rings is 1. The SMILES string of the molecule is CCOC(=O)C1=NN(c2ccccc2)C(C(=O)NCCC(O)(c2nccn2C)C(F)(F)F)C1. The van der Waals surface area contributed by atoms with E-state index >= 15 is 0 Å². The van der Waals surface area contributed by atoms with Gasteiger partial charge in [-0.25, -0.2) is 9.78 Å². The summed E-state index contributed by atoms with van der Waals surface area (Å²) < 4.78 is 47.1. The van der Waals surface area contributed by atoms with E-state index in [1.807, 2.05) is 0 Å². The summed E-state index contributed by atoms with van der Waals surface area (Å²) in [5.74, 6) is -1.90. The van der Waals surface area contributed by atoms with Crippen LogP contribution in [0.5, 0.6) is 0 Å². The van der Waals surface area contributed by atoms with Gasteiger partial charge in [0, 0.05) is 38.8 Å². The number of rotatable bonds is 8. The molecule has 33 heavy (non-hydrogen) atoms. The number of hydrogen-bond acceptors (Lipinski definition) is 7. The molecule has 9 nitrogen and oxygen atoms in total. The van der Waals surface area contributed by atoms with Gasteiger partial charge in [0.2, 0.25) is 11.5 Å². The van der Waals surface area contributed by atoms with E-state index in [-0.39, 0.29) is 18.7 Å². The number of nitrogens with zero attached hydrogens (tertiary/aromatic N) is 4. The van der Waals surface area contributed by atoms with Gasteiger partial charge >= 0.3 is 12.1 Å². The van der Waals surface area contributed by atoms with Crippen LogP contribution in [0.3, 0.4) is 0 Å². The highest BCUT2D eigenvalue weighted by atomic mass is 19.4. The molecule has 2 aromatic rings. The Labute approximate surface area is 187 Å². The van der Waals surface area contributed by atoms with Crippen molar-refractivity contribution in [2.75, 3.05) is 18.2 Å². The third-order valence-corrected chi connectivity index (χ3v) is 5.19. The largest absolute Gasteiger partial charge is 0.461 e. The molecule has 0 aliphatic carbocycles. The summed E-state index contributed by atoms with van der Waals surface area (Å²) in [7, 11) is 1.34. The number of hydrogen-bond donors (Lipinski definition) is 2. The number of aryl methyl sites for hydroxylation is 1. The highest BCUT2D eigenvalue weighted by molar-refractivity contribution is 6.38. The van der Waals surface area contributed by atoms with E-state index < -0.39 is 48.5 Å². The van der Waals surface area contributed by atoms with E-state index in [9.17, 15) is 27.9 Å². The second-order valence-corrected chi connectivity index (χ2v) is 7.43. The van der Waals surface area contributed by atoms with Crippen LogP contribution < -0.4 is 10.3 Å². The van der Waals surface area contributed by atoms with Crippen molar-refractivity contribution in [2.24, 2.45) is 12.1 Å². The van der Waals surface area contributed by atoms with Crippen molar-refractivity contribution in [1.29, 1.82) is 0 Å². The molecule has 1 aliphatic heterocycles. The number of ether oxygens (including phenoxy) is 1. The van der Waals surface area contributed by atoms with Crippen molar-refractivity contribution in [1.82, 2.24) is 14.9 Å². The van der Waals surface area contributed by atoms with Crippen LogP contribution >= 0.6 is 0 Å². The van der Waals surface area contributed by atoms with E-state index in [4.69, 9.17) is 4.74 Å². The monoisotopic (exact) mass is 467 g/mol. The van der Waals surface area contributed by atoms with E-state index in [1.165, 1.54) is 18.3 Å². The van der Waals surface area contributed by atoms with Crippen LogP contribution in [0.2, 0.25) is 0 Å². The van der Waals surface area contributed by atoms with E-state index in [1.54, 1.807) is 37.3 Å². The fraction of sp³-hybridized carbons (Fsp3) is 0.429. The number of nitrogens with one attached hydrogen (secondary N) is 1. The fourth-order valence-electron chi connectivity index (χ4n) is 3.50. The van der Waals surface area contributed by atoms with Gasteiger partial charge in [-0.15, -0.1) is 0 Å². The van der Waals surface area contributed by atoms with Gasteiger partial charge in [-0.3, -0.25) is 9.80 Å². The molecule has 0 fully saturated rings. The van der Waals surface area contributed by atoms with Crippen molar-refractivity contribution in [2.45, 2.75) is 37.6 Å². The minimum absolute atomic E-state index is 0.0284. The van der Waals surface area contributed by atoms with Crippen molar-refractivity contribution in [3.05, 3.63) is 48.5 Å². The molecular weight excluding hydrogens is 443 g/mol. The van der Waals surface area contributed by atoms with Crippen molar-refractivity contribution in [3.63, 3.8) is 0 Å². The number of halogens is 3. The maximum Gasteiger partial charge on any atom is 0.424 e. The lowest BCUT2D eigenvalue weighted by molar-refractivity contribution is -0.272. The lowest BCUT2D eigenvalue weighted by Crippen LogP contribution is -2.48. The molecule has 2 atom stereocenters.